The number of likely N-dealkylation sites (N-methyl/N-ethyl adjacent to an activating group) is 1. The van der Waals surface area contributed by atoms with Crippen LogP contribution in [-0.4, -0.2) is 31.4 Å². The molecule has 0 unspecified atom stereocenters. The smallest absolute Gasteiger partial charge is 0.251 e. The minimum absolute atomic E-state index is 0.0253. The second kappa shape index (κ2) is 7.23. The maximum absolute atomic E-state index is 12.3. The minimum Gasteiger partial charge on any atom is -0.350 e. The number of nitrogens with zero attached hydrogens (tertiary/aromatic N) is 1. The number of carbonyl (C=O) groups is 1. The molecule has 0 bridgehead atoms. The number of hydrogen-bond donors (Lipinski definition) is 1. The Morgan fingerprint density at radius 1 is 1.05 bits per heavy atom. The standard InChI is InChI=1S/C19H24N2O/c1-14-8-10-16(11-9-14)18(21(3)4)13-20-19(22)17-7-5-6-15(2)12-17/h5-12,18H,13H2,1-4H3,(H,20,22)/t18-/m0/s1. The van der Waals surface area contributed by atoms with E-state index >= 15 is 0 Å². The topological polar surface area (TPSA) is 32.3 Å². The Morgan fingerprint density at radius 2 is 1.73 bits per heavy atom. The first-order valence-electron chi connectivity index (χ1n) is 7.55. The number of aryl methyl sites for hydroxylation is 2. The second-order valence-electron chi connectivity index (χ2n) is 5.97. The highest BCUT2D eigenvalue weighted by Crippen LogP contribution is 2.18. The molecule has 0 aliphatic carbocycles. The number of hydrogen-bond acceptors (Lipinski definition) is 2. The zero-order chi connectivity index (χ0) is 16.1. The first-order chi connectivity index (χ1) is 10.5. The molecule has 22 heavy (non-hydrogen) atoms. The zero-order valence-corrected chi connectivity index (χ0v) is 13.8. The van der Waals surface area contributed by atoms with Crippen LogP contribution < -0.4 is 5.32 Å². The van der Waals surface area contributed by atoms with Gasteiger partial charge in [-0.05, 0) is 45.6 Å². The third-order valence-corrected chi connectivity index (χ3v) is 3.82. The van der Waals surface area contributed by atoms with Gasteiger partial charge in [0.05, 0.1) is 6.04 Å². The summed E-state index contributed by atoms with van der Waals surface area (Å²) in [6.45, 7) is 4.66. The van der Waals surface area contributed by atoms with E-state index in [4.69, 9.17) is 0 Å². The lowest BCUT2D eigenvalue weighted by Crippen LogP contribution is -2.34. The first-order valence-corrected chi connectivity index (χ1v) is 7.55. The second-order valence-corrected chi connectivity index (χ2v) is 5.97. The van der Waals surface area contributed by atoms with Crippen LogP contribution >= 0.6 is 0 Å². The van der Waals surface area contributed by atoms with Gasteiger partial charge in [-0.1, -0.05) is 47.5 Å². The Labute approximate surface area is 133 Å². The van der Waals surface area contributed by atoms with Gasteiger partial charge in [0, 0.05) is 12.1 Å². The lowest BCUT2D eigenvalue weighted by atomic mass is 10.0. The van der Waals surface area contributed by atoms with E-state index in [1.807, 2.05) is 45.3 Å². The molecule has 0 radical (unpaired) electrons. The molecule has 0 heterocycles. The highest BCUT2D eigenvalue weighted by Gasteiger charge is 2.15. The molecule has 1 amide bonds. The summed E-state index contributed by atoms with van der Waals surface area (Å²) in [5.41, 5.74) is 4.25. The van der Waals surface area contributed by atoms with Gasteiger partial charge < -0.3 is 10.2 Å². The molecule has 0 saturated carbocycles. The van der Waals surface area contributed by atoms with Gasteiger partial charge in [-0.15, -0.1) is 0 Å². The minimum atomic E-state index is -0.0253. The molecule has 0 aliphatic heterocycles. The Balaban J connectivity index is 2.06. The van der Waals surface area contributed by atoms with E-state index in [1.54, 1.807) is 0 Å². The number of carbonyl (C=O) groups excluding carboxylic acids is 1. The summed E-state index contributed by atoms with van der Waals surface area (Å²) in [5.74, 6) is -0.0253. The molecule has 0 aromatic heterocycles. The van der Waals surface area contributed by atoms with Crippen molar-refractivity contribution in [1.82, 2.24) is 10.2 Å². The quantitative estimate of drug-likeness (QED) is 0.918. The maximum atomic E-state index is 12.3. The molecule has 2 aromatic carbocycles. The average Bonchev–Trinajstić information content (AvgIpc) is 2.48. The molecule has 2 rings (SSSR count). The molecule has 3 heteroatoms. The van der Waals surface area contributed by atoms with E-state index in [0.717, 1.165) is 5.56 Å². The van der Waals surface area contributed by atoms with E-state index < -0.39 is 0 Å². The molecule has 1 atom stereocenters. The zero-order valence-electron chi connectivity index (χ0n) is 13.8. The fraction of sp³-hybridized carbons (Fsp3) is 0.316. The van der Waals surface area contributed by atoms with Crippen molar-refractivity contribution in [3.63, 3.8) is 0 Å². The van der Waals surface area contributed by atoms with Crippen molar-refractivity contribution in [3.05, 3.63) is 70.8 Å². The number of nitrogens with one attached hydrogen (secondary N) is 1. The van der Waals surface area contributed by atoms with Gasteiger partial charge in [0.25, 0.3) is 5.91 Å². The third kappa shape index (κ3) is 4.18. The maximum Gasteiger partial charge on any atom is 0.251 e. The molecule has 0 aliphatic rings. The normalized spacial score (nSPS) is 12.2. The van der Waals surface area contributed by atoms with Crippen molar-refractivity contribution < 1.29 is 4.79 Å². The molecule has 0 spiro atoms. The van der Waals surface area contributed by atoms with Crippen LogP contribution in [0.1, 0.15) is 33.1 Å². The highest BCUT2D eigenvalue weighted by molar-refractivity contribution is 5.94. The van der Waals surface area contributed by atoms with E-state index in [2.05, 4.69) is 41.4 Å². The van der Waals surface area contributed by atoms with Gasteiger partial charge in [0.2, 0.25) is 0 Å². The van der Waals surface area contributed by atoms with E-state index in [1.165, 1.54) is 11.1 Å². The summed E-state index contributed by atoms with van der Waals surface area (Å²) in [6, 6.07) is 16.3. The lowest BCUT2D eigenvalue weighted by Gasteiger charge is -2.25. The van der Waals surface area contributed by atoms with Crippen LogP contribution in [0.15, 0.2) is 48.5 Å². The van der Waals surface area contributed by atoms with E-state index in [0.29, 0.717) is 12.1 Å². The van der Waals surface area contributed by atoms with Gasteiger partial charge in [-0.3, -0.25) is 4.79 Å². The Bertz CT molecular complexity index is 632. The van der Waals surface area contributed by atoms with Gasteiger partial charge >= 0.3 is 0 Å². The van der Waals surface area contributed by atoms with Crippen molar-refractivity contribution in [2.24, 2.45) is 0 Å². The molecular formula is C19H24N2O. The molecule has 0 fully saturated rings. The monoisotopic (exact) mass is 296 g/mol. The first kappa shape index (κ1) is 16.2. The van der Waals surface area contributed by atoms with Crippen molar-refractivity contribution in [2.45, 2.75) is 19.9 Å². The SMILES string of the molecule is Cc1ccc([C@H](CNC(=O)c2cccc(C)c2)N(C)C)cc1. The summed E-state index contributed by atoms with van der Waals surface area (Å²) in [6.07, 6.45) is 0. The molecule has 0 saturated heterocycles. The molecule has 3 nitrogen and oxygen atoms in total. The predicted octanol–water partition coefficient (Wildman–Crippen LogP) is 3.34. The molecule has 2 aromatic rings. The fourth-order valence-electron chi connectivity index (χ4n) is 2.46. The highest BCUT2D eigenvalue weighted by atomic mass is 16.1. The summed E-state index contributed by atoms with van der Waals surface area (Å²) in [7, 11) is 4.06. The van der Waals surface area contributed by atoms with Crippen LogP contribution in [0, 0.1) is 13.8 Å². The lowest BCUT2D eigenvalue weighted by molar-refractivity contribution is 0.0942. The summed E-state index contributed by atoms with van der Waals surface area (Å²) >= 11 is 0. The van der Waals surface area contributed by atoms with Crippen LogP contribution in [0.2, 0.25) is 0 Å². The van der Waals surface area contributed by atoms with E-state index in [-0.39, 0.29) is 11.9 Å². The van der Waals surface area contributed by atoms with Gasteiger partial charge in [0.15, 0.2) is 0 Å². The van der Waals surface area contributed by atoms with E-state index in [9.17, 15) is 4.79 Å². The number of amides is 1. The van der Waals surface area contributed by atoms with Crippen LogP contribution in [0.3, 0.4) is 0 Å². The summed E-state index contributed by atoms with van der Waals surface area (Å²) in [5, 5.41) is 3.04. The van der Waals surface area contributed by atoms with Gasteiger partial charge in [-0.25, -0.2) is 0 Å². The Hall–Kier alpha value is -2.13. The number of benzene rings is 2. The summed E-state index contributed by atoms with van der Waals surface area (Å²) < 4.78 is 0. The summed E-state index contributed by atoms with van der Waals surface area (Å²) in [4.78, 5) is 14.4. The third-order valence-electron chi connectivity index (χ3n) is 3.82. The number of rotatable bonds is 5. The van der Waals surface area contributed by atoms with Gasteiger partial charge in [0.1, 0.15) is 0 Å². The Kier molecular flexibility index (Phi) is 5.34. The van der Waals surface area contributed by atoms with Crippen molar-refractivity contribution >= 4 is 5.91 Å². The Morgan fingerprint density at radius 3 is 2.32 bits per heavy atom. The largest absolute Gasteiger partial charge is 0.350 e. The van der Waals surface area contributed by atoms with Crippen LogP contribution in [0.5, 0.6) is 0 Å². The predicted molar refractivity (Wildman–Crippen MR) is 91.1 cm³/mol. The van der Waals surface area contributed by atoms with Crippen LogP contribution in [-0.2, 0) is 0 Å². The molecular weight excluding hydrogens is 272 g/mol. The average molecular weight is 296 g/mol. The van der Waals surface area contributed by atoms with Crippen LogP contribution in [0.4, 0.5) is 0 Å². The van der Waals surface area contributed by atoms with Crippen molar-refractivity contribution in [3.8, 4) is 0 Å². The molecule has 116 valence electrons. The van der Waals surface area contributed by atoms with Crippen molar-refractivity contribution in [2.75, 3.05) is 20.6 Å². The van der Waals surface area contributed by atoms with Gasteiger partial charge in [-0.2, -0.15) is 0 Å². The van der Waals surface area contributed by atoms with Crippen LogP contribution in [0.25, 0.3) is 0 Å². The molecule has 1 N–H and O–H groups in total. The fourth-order valence-corrected chi connectivity index (χ4v) is 2.46. The van der Waals surface area contributed by atoms with Crippen molar-refractivity contribution in [1.29, 1.82) is 0 Å².